The van der Waals surface area contributed by atoms with Crippen molar-refractivity contribution in [1.82, 2.24) is 0 Å². The summed E-state index contributed by atoms with van der Waals surface area (Å²) in [5.41, 5.74) is 0.689. The van der Waals surface area contributed by atoms with Gasteiger partial charge in [-0.25, -0.2) is 14.4 Å². The minimum Gasteiger partial charge on any atom is -0.459 e. The van der Waals surface area contributed by atoms with Gasteiger partial charge < -0.3 is 33.2 Å². The smallest absolute Gasteiger partial charge is 0.338 e. The molecule has 5 atom stereocenters. The standard InChI is InChI=1S/C31H28O11/c1-20(32)39-30-31(38-18-17-36-30)26(41-29(35)23-15-9-4-10-16-23)25(40-28(34)22-13-7-3-8-14-22)24(42-31)19-37-27(33)21-11-5-2-6-12-21/h2-16,24-26,30H,17-19H2,1H3/t24-,25-,26+,30+,31+/m1/s1. The maximum Gasteiger partial charge on any atom is 0.338 e. The monoisotopic (exact) mass is 576 g/mol. The van der Waals surface area contributed by atoms with Crippen LogP contribution in [0.1, 0.15) is 38.0 Å². The second kappa shape index (κ2) is 12.9. The van der Waals surface area contributed by atoms with Gasteiger partial charge in [0.05, 0.1) is 29.9 Å². The van der Waals surface area contributed by atoms with E-state index in [2.05, 4.69) is 0 Å². The zero-order chi connectivity index (χ0) is 29.5. The number of hydrogen-bond acceptors (Lipinski definition) is 11. The Bertz CT molecular complexity index is 1400. The van der Waals surface area contributed by atoms with E-state index >= 15 is 0 Å². The van der Waals surface area contributed by atoms with Gasteiger partial charge in [-0.3, -0.25) is 4.79 Å². The van der Waals surface area contributed by atoms with Crippen molar-refractivity contribution in [1.29, 1.82) is 0 Å². The van der Waals surface area contributed by atoms with E-state index in [4.69, 9.17) is 33.2 Å². The van der Waals surface area contributed by atoms with Crippen LogP contribution >= 0.6 is 0 Å². The van der Waals surface area contributed by atoms with Crippen molar-refractivity contribution < 1.29 is 52.3 Å². The van der Waals surface area contributed by atoms with E-state index in [-0.39, 0.29) is 29.9 Å². The number of hydrogen-bond donors (Lipinski definition) is 0. The molecule has 11 nitrogen and oxygen atoms in total. The Morgan fingerprint density at radius 3 is 1.79 bits per heavy atom. The molecule has 0 bridgehead atoms. The third-order valence-corrected chi connectivity index (χ3v) is 6.56. The molecule has 3 aromatic carbocycles. The molecule has 2 fully saturated rings. The average Bonchev–Trinajstić information content (AvgIpc) is 3.29. The molecule has 2 saturated heterocycles. The van der Waals surface area contributed by atoms with Crippen molar-refractivity contribution in [3.8, 4) is 0 Å². The molecule has 3 aromatic rings. The number of ether oxygens (including phenoxy) is 7. The van der Waals surface area contributed by atoms with Crippen molar-refractivity contribution in [3.05, 3.63) is 108 Å². The molecular formula is C31H28O11. The predicted molar refractivity (Wildman–Crippen MR) is 143 cm³/mol. The molecule has 0 N–H and O–H groups in total. The normalized spacial score (nSPS) is 24.9. The highest BCUT2D eigenvalue weighted by Gasteiger charge is 2.67. The fraction of sp³-hybridized carbons (Fsp3) is 0.290. The highest BCUT2D eigenvalue weighted by Crippen LogP contribution is 2.43. The molecular weight excluding hydrogens is 548 g/mol. The topological polar surface area (TPSA) is 133 Å². The van der Waals surface area contributed by atoms with Gasteiger partial charge in [0, 0.05) is 6.92 Å². The van der Waals surface area contributed by atoms with E-state index < -0.39 is 60.9 Å². The Morgan fingerprint density at radius 2 is 1.24 bits per heavy atom. The van der Waals surface area contributed by atoms with E-state index in [0.29, 0.717) is 0 Å². The second-order valence-corrected chi connectivity index (χ2v) is 9.43. The van der Waals surface area contributed by atoms with E-state index in [1.54, 1.807) is 78.9 Å². The van der Waals surface area contributed by atoms with Crippen LogP contribution in [0.2, 0.25) is 0 Å². The highest BCUT2D eigenvalue weighted by atomic mass is 16.8. The number of carbonyl (C=O) groups excluding carboxylic acids is 4. The molecule has 42 heavy (non-hydrogen) atoms. The molecule has 0 aromatic heterocycles. The third kappa shape index (κ3) is 6.33. The Kier molecular flexibility index (Phi) is 8.91. The Labute approximate surface area is 241 Å². The molecule has 2 aliphatic rings. The molecule has 0 amide bonds. The summed E-state index contributed by atoms with van der Waals surface area (Å²) in [4.78, 5) is 51.4. The lowest BCUT2D eigenvalue weighted by atomic mass is 10.0. The lowest BCUT2D eigenvalue weighted by molar-refractivity contribution is -0.385. The van der Waals surface area contributed by atoms with Crippen molar-refractivity contribution in [3.63, 3.8) is 0 Å². The van der Waals surface area contributed by atoms with Crippen LogP contribution in [0.4, 0.5) is 0 Å². The third-order valence-electron chi connectivity index (χ3n) is 6.56. The first-order valence-electron chi connectivity index (χ1n) is 13.2. The fourth-order valence-corrected chi connectivity index (χ4v) is 4.66. The van der Waals surface area contributed by atoms with Crippen LogP contribution < -0.4 is 0 Å². The maximum atomic E-state index is 13.3. The van der Waals surface area contributed by atoms with Gasteiger partial charge >= 0.3 is 23.9 Å². The second-order valence-electron chi connectivity index (χ2n) is 9.43. The van der Waals surface area contributed by atoms with Crippen LogP contribution in [0.25, 0.3) is 0 Å². The Hall–Kier alpha value is -4.58. The van der Waals surface area contributed by atoms with E-state index in [1.807, 2.05) is 0 Å². The number of esters is 4. The summed E-state index contributed by atoms with van der Waals surface area (Å²) < 4.78 is 40.6. The fourth-order valence-electron chi connectivity index (χ4n) is 4.66. The van der Waals surface area contributed by atoms with E-state index in [0.717, 1.165) is 6.92 Å². The molecule has 0 unspecified atom stereocenters. The van der Waals surface area contributed by atoms with Crippen molar-refractivity contribution >= 4 is 23.9 Å². The number of rotatable bonds is 8. The van der Waals surface area contributed by atoms with Gasteiger partial charge in [0.15, 0.2) is 6.10 Å². The summed E-state index contributed by atoms with van der Waals surface area (Å²) in [7, 11) is 0. The molecule has 5 rings (SSSR count). The molecule has 2 aliphatic heterocycles. The Morgan fingerprint density at radius 1 is 0.714 bits per heavy atom. The van der Waals surface area contributed by atoms with Gasteiger partial charge in [0.25, 0.3) is 12.1 Å². The SMILES string of the molecule is CC(=O)O[C@@H]1OCCO[C@@]12O[C@H](COC(=O)c1ccccc1)[C@@H](OC(=O)c1ccccc1)[C@@H]2OC(=O)c1ccccc1. The van der Waals surface area contributed by atoms with Crippen LogP contribution in [-0.2, 0) is 38.0 Å². The molecule has 1 spiro atoms. The first kappa shape index (κ1) is 28.9. The zero-order valence-corrected chi connectivity index (χ0v) is 22.6. The first-order chi connectivity index (χ1) is 20.4. The summed E-state index contributed by atoms with van der Waals surface area (Å²) in [5, 5.41) is 0. The minimum absolute atomic E-state index is 0.0323. The number of carbonyl (C=O) groups is 4. The minimum atomic E-state index is -2.06. The van der Waals surface area contributed by atoms with Gasteiger partial charge in [-0.1, -0.05) is 54.6 Å². The summed E-state index contributed by atoms with van der Waals surface area (Å²) in [5.74, 6) is -4.99. The first-order valence-corrected chi connectivity index (χ1v) is 13.2. The van der Waals surface area contributed by atoms with Gasteiger partial charge in [0.1, 0.15) is 12.7 Å². The summed E-state index contributed by atoms with van der Waals surface area (Å²) in [6.45, 7) is 0.729. The highest BCUT2D eigenvalue weighted by molar-refractivity contribution is 5.91. The molecule has 2 heterocycles. The Balaban J connectivity index is 1.51. The molecule has 11 heteroatoms. The van der Waals surface area contributed by atoms with Crippen LogP contribution in [0.5, 0.6) is 0 Å². The van der Waals surface area contributed by atoms with Gasteiger partial charge in [0.2, 0.25) is 6.10 Å². The van der Waals surface area contributed by atoms with Crippen LogP contribution in [0, 0.1) is 0 Å². The van der Waals surface area contributed by atoms with Gasteiger partial charge in [-0.2, -0.15) is 0 Å². The molecule has 0 saturated carbocycles. The predicted octanol–water partition coefficient (Wildman–Crippen LogP) is 3.33. The maximum absolute atomic E-state index is 13.3. The van der Waals surface area contributed by atoms with Crippen molar-refractivity contribution in [2.45, 2.75) is 37.3 Å². The van der Waals surface area contributed by atoms with Crippen molar-refractivity contribution in [2.75, 3.05) is 19.8 Å². The molecule has 218 valence electrons. The quantitative estimate of drug-likeness (QED) is 0.289. The van der Waals surface area contributed by atoms with Gasteiger partial charge in [-0.05, 0) is 36.4 Å². The largest absolute Gasteiger partial charge is 0.459 e. The molecule has 0 radical (unpaired) electrons. The average molecular weight is 577 g/mol. The lowest BCUT2D eigenvalue weighted by Crippen LogP contribution is -2.61. The summed E-state index contributed by atoms with van der Waals surface area (Å²) >= 11 is 0. The van der Waals surface area contributed by atoms with Crippen LogP contribution in [0.3, 0.4) is 0 Å². The van der Waals surface area contributed by atoms with Crippen LogP contribution in [0.15, 0.2) is 91.0 Å². The molecule has 0 aliphatic carbocycles. The van der Waals surface area contributed by atoms with E-state index in [9.17, 15) is 19.2 Å². The van der Waals surface area contributed by atoms with Crippen molar-refractivity contribution in [2.24, 2.45) is 0 Å². The lowest BCUT2D eigenvalue weighted by Gasteiger charge is -2.41. The summed E-state index contributed by atoms with van der Waals surface area (Å²) in [6.07, 6.45) is -5.62. The van der Waals surface area contributed by atoms with E-state index in [1.165, 1.54) is 12.1 Å². The zero-order valence-electron chi connectivity index (χ0n) is 22.6. The van der Waals surface area contributed by atoms with Crippen LogP contribution in [-0.4, -0.2) is 74.1 Å². The summed E-state index contributed by atoms with van der Waals surface area (Å²) in [6, 6.07) is 24.5. The van der Waals surface area contributed by atoms with Gasteiger partial charge in [-0.15, -0.1) is 0 Å². The number of benzene rings is 3.